The molecule has 0 aliphatic heterocycles. The number of rotatable bonds is 9. The number of aryl methyl sites for hydroxylation is 1. The molecule has 0 radical (unpaired) electrons. The smallest absolute Gasteiger partial charge is 0.139 e. The monoisotopic (exact) mass is 443 g/mol. The summed E-state index contributed by atoms with van der Waals surface area (Å²) >= 11 is 0. The molecule has 0 bridgehead atoms. The van der Waals surface area contributed by atoms with E-state index in [1.165, 1.54) is 47.9 Å². The van der Waals surface area contributed by atoms with E-state index >= 15 is 0 Å². The summed E-state index contributed by atoms with van der Waals surface area (Å²) in [5, 5.41) is 0. The minimum Gasteiger partial charge on any atom is -0.461 e. The third-order valence-corrected chi connectivity index (χ3v) is 7.46. The van der Waals surface area contributed by atoms with Gasteiger partial charge in [0.1, 0.15) is 11.5 Å². The van der Waals surface area contributed by atoms with Crippen molar-refractivity contribution in [2.45, 2.75) is 91.3 Å². The van der Waals surface area contributed by atoms with Crippen LogP contribution >= 0.6 is 0 Å². The predicted molar refractivity (Wildman–Crippen MR) is 140 cm³/mol. The van der Waals surface area contributed by atoms with Gasteiger partial charge < -0.3 is 4.42 Å². The van der Waals surface area contributed by atoms with Crippen molar-refractivity contribution in [1.82, 2.24) is 4.90 Å². The first-order valence-corrected chi connectivity index (χ1v) is 13.0. The Bertz CT molecular complexity index is 1010. The topological polar surface area (TPSA) is 16.4 Å². The van der Waals surface area contributed by atoms with Crippen molar-refractivity contribution in [3.63, 3.8) is 0 Å². The van der Waals surface area contributed by atoms with E-state index in [4.69, 9.17) is 4.42 Å². The number of nitrogens with zero attached hydrogens (tertiary/aromatic N) is 1. The third-order valence-electron chi connectivity index (χ3n) is 7.46. The molecule has 2 heteroatoms. The number of benzene rings is 2. The Morgan fingerprint density at radius 3 is 2.00 bits per heavy atom. The van der Waals surface area contributed by atoms with Crippen LogP contribution in [0.1, 0.15) is 94.7 Å². The first-order chi connectivity index (χ1) is 16.0. The van der Waals surface area contributed by atoms with Gasteiger partial charge in [0.25, 0.3) is 0 Å². The molecular weight excluding hydrogens is 402 g/mol. The van der Waals surface area contributed by atoms with Crippen molar-refractivity contribution in [3.8, 4) is 11.3 Å². The molecule has 0 saturated heterocycles. The number of hydrogen-bond acceptors (Lipinski definition) is 2. The molecule has 1 aromatic heterocycles. The van der Waals surface area contributed by atoms with Gasteiger partial charge in [0.05, 0.1) is 0 Å². The highest BCUT2D eigenvalue weighted by atomic mass is 16.3. The molecule has 33 heavy (non-hydrogen) atoms. The van der Waals surface area contributed by atoms with Gasteiger partial charge in [-0.1, -0.05) is 86.8 Å². The number of furan rings is 1. The van der Waals surface area contributed by atoms with E-state index in [2.05, 4.69) is 107 Å². The predicted octanol–water partition coefficient (Wildman–Crippen LogP) is 8.76. The second-order valence-electron chi connectivity index (χ2n) is 10.3. The molecule has 1 aliphatic rings. The van der Waals surface area contributed by atoms with E-state index in [1.807, 2.05) is 0 Å². The molecule has 3 atom stereocenters. The summed E-state index contributed by atoms with van der Waals surface area (Å²) in [7, 11) is 0. The van der Waals surface area contributed by atoms with Crippen LogP contribution in [0.2, 0.25) is 0 Å². The molecule has 2 nitrogen and oxygen atoms in total. The molecule has 3 aromatic rings. The number of hydrogen-bond donors (Lipinski definition) is 0. The first-order valence-electron chi connectivity index (χ1n) is 13.0. The first kappa shape index (κ1) is 23.8. The molecule has 1 aliphatic carbocycles. The Hall–Kier alpha value is -2.32. The van der Waals surface area contributed by atoms with Crippen LogP contribution in [0.25, 0.3) is 11.3 Å². The van der Waals surface area contributed by atoms with Crippen LogP contribution in [0.5, 0.6) is 0 Å². The molecule has 0 saturated carbocycles. The second-order valence-corrected chi connectivity index (χ2v) is 10.3. The average molecular weight is 444 g/mol. The molecule has 0 spiro atoms. The van der Waals surface area contributed by atoms with Crippen LogP contribution in [-0.4, -0.2) is 17.0 Å². The number of fused-ring (bicyclic) bond motifs is 1. The quantitative estimate of drug-likeness (QED) is 0.307. The van der Waals surface area contributed by atoms with Crippen molar-refractivity contribution in [3.05, 3.63) is 83.1 Å². The van der Waals surface area contributed by atoms with Gasteiger partial charge in [0, 0.05) is 40.7 Å². The van der Waals surface area contributed by atoms with Crippen molar-refractivity contribution >= 4 is 0 Å². The number of unbranched alkanes of at least 4 members (excludes halogenated alkanes) is 2. The normalized spacial score (nSPS) is 20.2. The zero-order chi connectivity index (χ0) is 23.5. The molecule has 0 N–H and O–H groups in total. The molecule has 0 unspecified atom stereocenters. The van der Waals surface area contributed by atoms with Crippen molar-refractivity contribution < 1.29 is 4.42 Å². The molecule has 0 fully saturated rings. The van der Waals surface area contributed by atoms with Gasteiger partial charge in [0.2, 0.25) is 0 Å². The van der Waals surface area contributed by atoms with E-state index in [0.29, 0.717) is 30.0 Å². The van der Waals surface area contributed by atoms with Crippen LogP contribution < -0.4 is 0 Å². The minimum atomic E-state index is 0.356. The van der Waals surface area contributed by atoms with Gasteiger partial charge in [-0.2, -0.15) is 0 Å². The van der Waals surface area contributed by atoms with Gasteiger partial charge in [-0.25, -0.2) is 0 Å². The van der Waals surface area contributed by atoms with E-state index < -0.39 is 0 Å². The SMILES string of the molecule is CCCCC[C@H]1[C@H](c2ccccc2)c2c(C)oc(-c3ccccc3)c2[C@@H]1N(C(C)C)C(C)C. The lowest BCUT2D eigenvalue weighted by Crippen LogP contribution is -2.42. The van der Waals surface area contributed by atoms with E-state index in [-0.39, 0.29) is 0 Å². The zero-order valence-corrected chi connectivity index (χ0v) is 21.3. The minimum absolute atomic E-state index is 0.356. The van der Waals surface area contributed by atoms with Crippen molar-refractivity contribution in [2.24, 2.45) is 5.92 Å². The van der Waals surface area contributed by atoms with Crippen molar-refractivity contribution in [1.29, 1.82) is 0 Å². The van der Waals surface area contributed by atoms with Gasteiger partial charge >= 0.3 is 0 Å². The maximum atomic E-state index is 6.61. The lowest BCUT2D eigenvalue weighted by molar-refractivity contribution is 0.0719. The van der Waals surface area contributed by atoms with Gasteiger partial charge in [-0.15, -0.1) is 0 Å². The summed E-state index contributed by atoms with van der Waals surface area (Å²) in [6, 6.07) is 23.2. The fraction of sp³-hybridized carbons (Fsp3) is 0.484. The van der Waals surface area contributed by atoms with Crippen LogP contribution in [0.4, 0.5) is 0 Å². The molecule has 4 rings (SSSR count). The fourth-order valence-corrected chi connectivity index (χ4v) is 6.31. The van der Waals surface area contributed by atoms with Crippen LogP contribution in [0.15, 0.2) is 65.1 Å². The van der Waals surface area contributed by atoms with E-state index in [0.717, 1.165) is 11.5 Å². The third kappa shape index (κ3) is 4.55. The Kier molecular flexibility index (Phi) is 7.44. The van der Waals surface area contributed by atoms with Gasteiger partial charge in [-0.05, 0) is 52.5 Å². The molecule has 176 valence electrons. The highest BCUT2D eigenvalue weighted by Gasteiger charge is 2.49. The maximum Gasteiger partial charge on any atom is 0.139 e. The van der Waals surface area contributed by atoms with Gasteiger partial charge in [-0.3, -0.25) is 4.90 Å². The Morgan fingerprint density at radius 1 is 0.818 bits per heavy atom. The largest absolute Gasteiger partial charge is 0.461 e. The highest BCUT2D eigenvalue weighted by molar-refractivity contribution is 5.68. The van der Waals surface area contributed by atoms with Crippen LogP contribution in [0.3, 0.4) is 0 Å². The summed E-state index contributed by atoms with van der Waals surface area (Å²) in [5.74, 6) is 3.10. The summed E-state index contributed by atoms with van der Waals surface area (Å²) in [4.78, 5) is 2.75. The maximum absolute atomic E-state index is 6.61. The van der Waals surface area contributed by atoms with Crippen LogP contribution in [-0.2, 0) is 0 Å². The second kappa shape index (κ2) is 10.3. The molecule has 2 aromatic carbocycles. The van der Waals surface area contributed by atoms with E-state index in [1.54, 1.807) is 0 Å². The van der Waals surface area contributed by atoms with Crippen LogP contribution in [0, 0.1) is 12.8 Å². The van der Waals surface area contributed by atoms with Crippen molar-refractivity contribution in [2.75, 3.05) is 0 Å². The zero-order valence-electron chi connectivity index (χ0n) is 21.3. The average Bonchev–Trinajstić information content (AvgIpc) is 3.30. The molecule has 1 heterocycles. The summed E-state index contributed by atoms with van der Waals surface area (Å²) in [6.45, 7) is 13.9. The summed E-state index contributed by atoms with van der Waals surface area (Å²) in [6.07, 6.45) is 5.09. The Morgan fingerprint density at radius 2 is 1.42 bits per heavy atom. The van der Waals surface area contributed by atoms with Gasteiger partial charge in [0.15, 0.2) is 0 Å². The highest BCUT2D eigenvalue weighted by Crippen LogP contribution is 2.58. The Labute approximate surface area is 201 Å². The summed E-state index contributed by atoms with van der Waals surface area (Å²) in [5.41, 5.74) is 5.51. The lowest BCUT2D eigenvalue weighted by Gasteiger charge is -2.41. The fourth-order valence-electron chi connectivity index (χ4n) is 6.31. The summed E-state index contributed by atoms with van der Waals surface area (Å²) < 4.78 is 6.61. The molecule has 0 amide bonds. The molecular formula is C31H41NO. The standard InChI is InChI=1S/C31H41NO/c1-7-8-11-20-26-28(24-16-12-9-13-17-24)27-23(6)33-31(25-18-14-10-15-19-25)29(27)30(26)32(21(2)3)22(4)5/h9-10,12-19,21-22,26,28,30H,7-8,11,20H2,1-6H3/t26-,28-,30+/m0/s1. The van der Waals surface area contributed by atoms with E-state index in [9.17, 15) is 0 Å². The Balaban J connectivity index is 1.95. The lowest BCUT2D eigenvalue weighted by atomic mass is 9.80.